The Morgan fingerprint density at radius 3 is 2.54 bits per heavy atom. The van der Waals surface area contributed by atoms with Crippen LogP contribution in [0.2, 0.25) is 0 Å². The van der Waals surface area contributed by atoms with Crippen LogP contribution in [-0.2, 0) is 6.42 Å². The number of piperidine rings is 1. The van der Waals surface area contributed by atoms with Crippen LogP contribution < -0.4 is 10.2 Å². The zero-order valence-corrected chi connectivity index (χ0v) is 23.8. The molecule has 1 aromatic heterocycles. The van der Waals surface area contributed by atoms with E-state index >= 15 is 0 Å². The summed E-state index contributed by atoms with van der Waals surface area (Å²) in [6.45, 7) is 5.20. The minimum atomic E-state index is -0.0246. The van der Waals surface area contributed by atoms with Crippen molar-refractivity contribution in [2.45, 2.75) is 51.5 Å². The molecule has 0 saturated carbocycles. The number of anilines is 1. The fourth-order valence-electron chi connectivity index (χ4n) is 6.44. The third-order valence-electron chi connectivity index (χ3n) is 8.72. The first-order valence-electron chi connectivity index (χ1n) is 14.9. The van der Waals surface area contributed by atoms with Crippen LogP contribution in [0.25, 0.3) is 11.6 Å². The number of nitrogens with zero attached hydrogens (tertiary/aromatic N) is 3. The zero-order chi connectivity index (χ0) is 28.2. The van der Waals surface area contributed by atoms with Crippen molar-refractivity contribution >= 4 is 29.2 Å². The van der Waals surface area contributed by atoms with E-state index in [1.165, 1.54) is 28.0 Å². The van der Waals surface area contributed by atoms with Gasteiger partial charge in [-0.3, -0.25) is 14.6 Å². The Morgan fingerprint density at radius 2 is 1.78 bits per heavy atom. The summed E-state index contributed by atoms with van der Waals surface area (Å²) >= 11 is 0. The van der Waals surface area contributed by atoms with Gasteiger partial charge in [0.05, 0.1) is 5.56 Å². The van der Waals surface area contributed by atoms with Gasteiger partial charge in [0.25, 0.3) is 11.8 Å². The molecule has 2 amide bonds. The van der Waals surface area contributed by atoms with Gasteiger partial charge in [-0.05, 0) is 104 Å². The van der Waals surface area contributed by atoms with E-state index in [2.05, 4.69) is 63.8 Å². The lowest BCUT2D eigenvalue weighted by Crippen LogP contribution is -2.46. The molecule has 0 bridgehead atoms. The third-order valence-corrected chi connectivity index (χ3v) is 8.72. The number of aryl methyl sites for hydroxylation is 1. The van der Waals surface area contributed by atoms with Crippen molar-refractivity contribution in [1.82, 2.24) is 15.2 Å². The molecule has 0 spiro atoms. The summed E-state index contributed by atoms with van der Waals surface area (Å²) < 4.78 is 0. The Hall–Kier alpha value is -4.19. The maximum atomic E-state index is 13.4. The van der Waals surface area contributed by atoms with Crippen LogP contribution in [0.15, 0.2) is 78.6 Å². The SMILES string of the molecule is CC=Cc1ccc(N2CCC3=C(C2)c2cc(C(=O)NC4CCN(C(=O)c5cccnc5)CC4)ccc2CCC3)cc1. The molecule has 1 fully saturated rings. The van der Waals surface area contributed by atoms with Crippen LogP contribution in [0, 0.1) is 0 Å². The number of carbonyl (C=O) groups excluding carboxylic acids is 2. The van der Waals surface area contributed by atoms with E-state index in [1.54, 1.807) is 30.1 Å². The summed E-state index contributed by atoms with van der Waals surface area (Å²) in [5, 5.41) is 3.26. The highest BCUT2D eigenvalue weighted by molar-refractivity contribution is 5.96. The molecule has 3 heterocycles. The number of allylic oxidation sites excluding steroid dienone is 1. The van der Waals surface area contributed by atoms with Gasteiger partial charge in [0.15, 0.2) is 0 Å². The van der Waals surface area contributed by atoms with E-state index in [0.29, 0.717) is 18.7 Å². The number of hydrogen-bond acceptors (Lipinski definition) is 4. The molecule has 210 valence electrons. The van der Waals surface area contributed by atoms with Crippen molar-refractivity contribution in [3.05, 3.63) is 106 Å². The van der Waals surface area contributed by atoms with Gasteiger partial charge in [-0.2, -0.15) is 0 Å². The molecule has 6 heteroatoms. The maximum Gasteiger partial charge on any atom is 0.255 e. The molecule has 3 aliphatic rings. The minimum Gasteiger partial charge on any atom is -0.367 e. The normalized spacial score (nSPS) is 17.7. The molecule has 6 rings (SSSR count). The van der Waals surface area contributed by atoms with Crippen molar-refractivity contribution in [3.8, 4) is 0 Å². The summed E-state index contributed by atoms with van der Waals surface area (Å²) in [6.07, 6.45) is 13.4. The lowest BCUT2D eigenvalue weighted by atomic mass is 9.90. The van der Waals surface area contributed by atoms with Gasteiger partial charge in [0.2, 0.25) is 0 Å². The number of fused-ring (bicyclic) bond motifs is 2. The average molecular weight is 547 g/mol. The molecular weight excluding hydrogens is 508 g/mol. The van der Waals surface area contributed by atoms with E-state index in [0.717, 1.165) is 57.2 Å². The Morgan fingerprint density at radius 1 is 0.951 bits per heavy atom. The molecule has 1 N–H and O–H groups in total. The van der Waals surface area contributed by atoms with Crippen LogP contribution in [0.5, 0.6) is 0 Å². The van der Waals surface area contributed by atoms with Gasteiger partial charge in [-0.25, -0.2) is 0 Å². The molecular formula is C35H38N4O2. The Labute approximate surface area is 242 Å². The van der Waals surface area contributed by atoms with Crippen LogP contribution >= 0.6 is 0 Å². The highest BCUT2D eigenvalue weighted by Crippen LogP contribution is 2.37. The van der Waals surface area contributed by atoms with Crippen LogP contribution in [0.1, 0.15) is 76.4 Å². The van der Waals surface area contributed by atoms with Gasteiger partial charge in [0.1, 0.15) is 0 Å². The van der Waals surface area contributed by atoms with Gasteiger partial charge < -0.3 is 15.1 Å². The number of amides is 2. The predicted molar refractivity (Wildman–Crippen MR) is 165 cm³/mol. The van der Waals surface area contributed by atoms with E-state index in [9.17, 15) is 9.59 Å². The van der Waals surface area contributed by atoms with E-state index < -0.39 is 0 Å². The molecule has 1 saturated heterocycles. The highest BCUT2D eigenvalue weighted by Gasteiger charge is 2.27. The largest absolute Gasteiger partial charge is 0.367 e. The topological polar surface area (TPSA) is 65.5 Å². The molecule has 6 nitrogen and oxygen atoms in total. The number of nitrogens with one attached hydrogen (secondary N) is 1. The average Bonchev–Trinajstić information content (AvgIpc) is 3.20. The van der Waals surface area contributed by atoms with Crippen molar-refractivity contribution in [2.75, 3.05) is 31.1 Å². The molecule has 1 aliphatic carbocycles. The number of carbonyl (C=O) groups is 2. The van der Waals surface area contributed by atoms with Crippen molar-refractivity contribution < 1.29 is 9.59 Å². The maximum absolute atomic E-state index is 13.4. The Balaban J connectivity index is 1.14. The first-order chi connectivity index (χ1) is 20.1. The molecule has 0 radical (unpaired) electrons. The second kappa shape index (κ2) is 12.1. The van der Waals surface area contributed by atoms with Gasteiger partial charge >= 0.3 is 0 Å². The fraction of sp³-hybridized carbons (Fsp3) is 0.343. The standard InChI is InChI=1S/C35H38N4O2/c1-2-5-25-9-13-31(14-10-25)39-19-15-27-7-3-6-26-11-12-28(22-32(26)33(27)24-39)34(40)37-30-16-20-38(21-17-30)35(41)29-8-4-18-36-23-29/h2,4-5,8-14,18,22-23,30H,3,6-7,15-17,19-21,24H2,1H3,(H,37,40). The number of aromatic nitrogens is 1. The molecule has 0 unspecified atom stereocenters. The van der Waals surface area contributed by atoms with Crippen LogP contribution in [-0.4, -0.2) is 53.9 Å². The molecule has 3 aromatic rings. The smallest absolute Gasteiger partial charge is 0.255 e. The number of rotatable bonds is 5. The lowest BCUT2D eigenvalue weighted by molar-refractivity contribution is 0.0697. The van der Waals surface area contributed by atoms with Gasteiger partial charge in [0, 0.05) is 55.9 Å². The molecule has 41 heavy (non-hydrogen) atoms. The van der Waals surface area contributed by atoms with Crippen LogP contribution in [0.3, 0.4) is 0 Å². The number of benzene rings is 2. The zero-order valence-electron chi connectivity index (χ0n) is 23.8. The monoisotopic (exact) mass is 546 g/mol. The highest BCUT2D eigenvalue weighted by atomic mass is 16.2. The first kappa shape index (κ1) is 27.0. The second-order valence-corrected chi connectivity index (χ2v) is 11.4. The third kappa shape index (κ3) is 5.97. The van der Waals surface area contributed by atoms with E-state index in [1.807, 2.05) is 17.9 Å². The van der Waals surface area contributed by atoms with E-state index in [4.69, 9.17) is 0 Å². The summed E-state index contributed by atoms with van der Waals surface area (Å²) in [7, 11) is 0. The molecule has 2 aliphatic heterocycles. The summed E-state index contributed by atoms with van der Waals surface area (Å²) in [4.78, 5) is 34.6. The quantitative estimate of drug-likeness (QED) is 0.417. The predicted octanol–water partition coefficient (Wildman–Crippen LogP) is 6.15. The van der Waals surface area contributed by atoms with Crippen molar-refractivity contribution in [1.29, 1.82) is 0 Å². The Kier molecular flexibility index (Phi) is 7.99. The number of pyridine rings is 1. The first-order valence-corrected chi connectivity index (χ1v) is 14.9. The van der Waals surface area contributed by atoms with Crippen molar-refractivity contribution in [2.24, 2.45) is 0 Å². The van der Waals surface area contributed by atoms with Crippen LogP contribution in [0.4, 0.5) is 5.69 Å². The summed E-state index contributed by atoms with van der Waals surface area (Å²) in [5.74, 6) is -0.0172. The fourth-order valence-corrected chi connectivity index (χ4v) is 6.44. The summed E-state index contributed by atoms with van der Waals surface area (Å²) in [5.41, 5.74) is 9.34. The number of likely N-dealkylation sites (tertiary alicyclic amines) is 1. The number of hydrogen-bond donors (Lipinski definition) is 1. The minimum absolute atomic E-state index is 0.00738. The molecule has 0 atom stereocenters. The van der Waals surface area contributed by atoms with Gasteiger partial charge in [-0.15, -0.1) is 0 Å². The Bertz CT molecular complexity index is 1470. The van der Waals surface area contributed by atoms with Gasteiger partial charge in [-0.1, -0.05) is 35.9 Å². The van der Waals surface area contributed by atoms with Crippen molar-refractivity contribution in [3.63, 3.8) is 0 Å². The summed E-state index contributed by atoms with van der Waals surface area (Å²) in [6, 6.07) is 18.7. The second-order valence-electron chi connectivity index (χ2n) is 11.4. The lowest BCUT2D eigenvalue weighted by Gasteiger charge is -2.33. The van der Waals surface area contributed by atoms with E-state index in [-0.39, 0.29) is 17.9 Å². The molecule has 2 aromatic carbocycles.